The standard InChI is InChI=1S/C12H12BrFO4/c13-11-9(18-6-7-5-17-7)2-1-8(14)10(11)12-15-3-4-16-12/h1-2,7,12H,3-6H2. The lowest BCUT2D eigenvalue weighted by molar-refractivity contribution is -0.0472. The molecule has 0 N–H and O–H groups in total. The summed E-state index contributed by atoms with van der Waals surface area (Å²) >= 11 is 3.35. The Labute approximate surface area is 112 Å². The summed E-state index contributed by atoms with van der Waals surface area (Å²) < 4.78 is 35.6. The van der Waals surface area contributed by atoms with E-state index in [9.17, 15) is 4.39 Å². The zero-order chi connectivity index (χ0) is 12.5. The Morgan fingerprint density at radius 3 is 2.67 bits per heavy atom. The van der Waals surface area contributed by atoms with E-state index >= 15 is 0 Å². The Kier molecular flexibility index (Phi) is 3.52. The van der Waals surface area contributed by atoms with E-state index in [-0.39, 0.29) is 11.9 Å². The van der Waals surface area contributed by atoms with Crippen LogP contribution in [-0.4, -0.2) is 32.5 Å². The predicted molar refractivity (Wildman–Crippen MR) is 64.0 cm³/mol. The molecule has 0 bridgehead atoms. The molecule has 6 heteroatoms. The minimum Gasteiger partial charge on any atom is -0.490 e. The van der Waals surface area contributed by atoms with Gasteiger partial charge in [-0.2, -0.15) is 0 Å². The van der Waals surface area contributed by atoms with Gasteiger partial charge in [0.15, 0.2) is 6.29 Å². The average Bonchev–Trinajstić information content (AvgIpc) is 3.03. The molecule has 1 unspecified atom stereocenters. The average molecular weight is 319 g/mol. The summed E-state index contributed by atoms with van der Waals surface area (Å²) in [5.74, 6) is 0.199. The van der Waals surface area contributed by atoms with Crippen LogP contribution in [0.5, 0.6) is 5.75 Å². The predicted octanol–water partition coefficient (Wildman–Crippen LogP) is 2.41. The minimum atomic E-state index is -0.667. The molecule has 98 valence electrons. The van der Waals surface area contributed by atoms with Gasteiger partial charge in [0.25, 0.3) is 0 Å². The van der Waals surface area contributed by atoms with Gasteiger partial charge in [-0.15, -0.1) is 0 Å². The third-order valence-corrected chi connectivity index (χ3v) is 3.59. The maximum atomic E-state index is 13.8. The molecule has 0 aromatic heterocycles. The SMILES string of the molecule is Fc1ccc(OCC2CO2)c(Br)c1C1OCCO1. The zero-order valence-electron chi connectivity index (χ0n) is 9.53. The van der Waals surface area contributed by atoms with Gasteiger partial charge in [0.2, 0.25) is 0 Å². The molecule has 0 aliphatic carbocycles. The molecule has 0 radical (unpaired) electrons. The van der Waals surface area contributed by atoms with Crippen LogP contribution in [0.15, 0.2) is 16.6 Å². The normalized spacial score (nSPS) is 23.3. The van der Waals surface area contributed by atoms with E-state index in [1.54, 1.807) is 6.07 Å². The van der Waals surface area contributed by atoms with E-state index in [1.165, 1.54) is 6.07 Å². The van der Waals surface area contributed by atoms with E-state index in [4.69, 9.17) is 18.9 Å². The Balaban J connectivity index is 1.83. The fourth-order valence-corrected chi connectivity index (χ4v) is 2.37. The van der Waals surface area contributed by atoms with Crippen LogP contribution in [0.2, 0.25) is 0 Å². The van der Waals surface area contributed by atoms with Crippen molar-refractivity contribution in [1.29, 1.82) is 0 Å². The van der Waals surface area contributed by atoms with Gasteiger partial charge in [-0.05, 0) is 28.1 Å². The van der Waals surface area contributed by atoms with Gasteiger partial charge in [0, 0.05) is 0 Å². The second-order valence-corrected chi connectivity index (χ2v) is 4.91. The summed E-state index contributed by atoms with van der Waals surface area (Å²) in [4.78, 5) is 0. The van der Waals surface area contributed by atoms with Gasteiger partial charge in [-0.3, -0.25) is 0 Å². The van der Waals surface area contributed by atoms with Gasteiger partial charge in [-0.1, -0.05) is 0 Å². The zero-order valence-corrected chi connectivity index (χ0v) is 11.1. The topological polar surface area (TPSA) is 40.2 Å². The van der Waals surface area contributed by atoms with Crippen molar-refractivity contribution < 1.29 is 23.3 Å². The maximum absolute atomic E-state index is 13.8. The van der Waals surface area contributed by atoms with Crippen molar-refractivity contribution in [3.63, 3.8) is 0 Å². The first kappa shape index (κ1) is 12.3. The van der Waals surface area contributed by atoms with Crippen molar-refractivity contribution in [3.05, 3.63) is 28.0 Å². The molecular formula is C12H12BrFO4. The summed E-state index contributed by atoms with van der Waals surface area (Å²) in [6.07, 6.45) is -0.510. The van der Waals surface area contributed by atoms with E-state index in [0.29, 0.717) is 35.6 Å². The highest BCUT2D eigenvalue weighted by atomic mass is 79.9. The molecule has 3 rings (SSSR count). The van der Waals surface area contributed by atoms with E-state index < -0.39 is 6.29 Å². The number of benzene rings is 1. The summed E-state index contributed by atoms with van der Waals surface area (Å²) in [7, 11) is 0. The van der Waals surface area contributed by atoms with Crippen LogP contribution in [-0.2, 0) is 14.2 Å². The molecular weight excluding hydrogens is 307 g/mol. The van der Waals surface area contributed by atoms with E-state index in [0.717, 1.165) is 6.61 Å². The number of rotatable bonds is 4. The number of hydrogen-bond acceptors (Lipinski definition) is 4. The van der Waals surface area contributed by atoms with Gasteiger partial charge >= 0.3 is 0 Å². The Morgan fingerprint density at radius 2 is 2.00 bits per heavy atom. The van der Waals surface area contributed by atoms with Crippen LogP contribution in [0.4, 0.5) is 4.39 Å². The smallest absolute Gasteiger partial charge is 0.188 e. The van der Waals surface area contributed by atoms with Gasteiger partial charge in [-0.25, -0.2) is 4.39 Å². The molecule has 2 fully saturated rings. The van der Waals surface area contributed by atoms with Gasteiger partial charge in [0.05, 0.1) is 29.9 Å². The van der Waals surface area contributed by atoms with Crippen LogP contribution < -0.4 is 4.74 Å². The van der Waals surface area contributed by atoms with Crippen LogP contribution in [0.1, 0.15) is 11.9 Å². The summed E-state index contributed by atoms with van der Waals surface area (Å²) in [5, 5.41) is 0. The lowest BCUT2D eigenvalue weighted by atomic mass is 10.2. The van der Waals surface area contributed by atoms with E-state index in [1.807, 2.05) is 0 Å². The minimum absolute atomic E-state index is 0.157. The quantitative estimate of drug-likeness (QED) is 0.799. The highest BCUT2D eigenvalue weighted by Crippen LogP contribution is 2.38. The molecule has 4 nitrogen and oxygen atoms in total. The lowest BCUT2D eigenvalue weighted by Crippen LogP contribution is -2.08. The fourth-order valence-electron chi connectivity index (χ4n) is 1.75. The number of hydrogen-bond donors (Lipinski definition) is 0. The molecule has 1 aromatic carbocycles. The molecule has 0 amide bonds. The van der Waals surface area contributed by atoms with Gasteiger partial charge < -0.3 is 18.9 Å². The Hall–Kier alpha value is -0.690. The molecule has 2 aliphatic heterocycles. The summed E-state index contributed by atoms with van der Waals surface area (Å²) in [6.45, 7) is 2.13. The number of halogens is 2. The Morgan fingerprint density at radius 1 is 1.28 bits per heavy atom. The van der Waals surface area contributed by atoms with Crippen molar-refractivity contribution >= 4 is 15.9 Å². The molecule has 1 aromatic rings. The number of ether oxygens (including phenoxy) is 4. The summed E-state index contributed by atoms with van der Waals surface area (Å²) in [6, 6.07) is 2.94. The molecule has 2 saturated heterocycles. The first-order chi connectivity index (χ1) is 8.75. The molecule has 0 spiro atoms. The molecule has 18 heavy (non-hydrogen) atoms. The largest absolute Gasteiger partial charge is 0.490 e. The van der Waals surface area contributed by atoms with Crippen molar-refractivity contribution in [2.45, 2.75) is 12.4 Å². The van der Waals surface area contributed by atoms with Crippen LogP contribution in [0.25, 0.3) is 0 Å². The molecule has 1 atom stereocenters. The molecule has 2 heterocycles. The van der Waals surface area contributed by atoms with Crippen LogP contribution in [0, 0.1) is 5.82 Å². The highest BCUT2D eigenvalue weighted by Gasteiger charge is 2.28. The second-order valence-electron chi connectivity index (χ2n) is 4.11. The van der Waals surface area contributed by atoms with E-state index in [2.05, 4.69) is 15.9 Å². The first-order valence-electron chi connectivity index (χ1n) is 5.71. The summed E-state index contributed by atoms with van der Waals surface area (Å²) in [5.41, 5.74) is 0.349. The van der Waals surface area contributed by atoms with Crippen molar-refractivity contribution in [2.24, 2.45) is 0 Å². The first-order valence-corrected chi connectivity index (χ1v) is 6.50. The fraction of sp³-hybridized carbons (Fsp3) is 0.500. The Bertz CT molecular complexity index is 444. The molecule has 0 saturated carbocycles. The highest BCUT2D eigenvalue weighted by molar-refractivity contribution is 9.10. The van der Waals surface area contributed by atoms with Crippen molar-refractivity contribution in [3.8, 4) is 5.75 Å². The number of epoxide rings is 1. The van der Waals surface area contributed by atoms with Gasteiger partial charge in [0.1, 0.15) is 24.3 Å². The maximum Gasteiger partial charge on any atom is 0.188 e. The molecule has 2 aliphatic rings. The second kappa shape index (κ2) is 5.13. The third-order valence-electron chi connectivity index (χ3n) is 2.78. The monoisotopic (exact) mass is 318 g/mol. The van der Waals surface area contributed by atoms with Crippen molar-refractivity contribution in [1.82, 2.24) is 0 Å². The lowest BCUT2D eigenvalue weighted by Gasteiger charge is -2.15. The van der Waals surface area contributed by atoms with Crippen LogP contribution >= 0.6 is 15.9 Å². The third kappa shape index (κ3) is 2.51. The van der Waals surface area contributed by atoms with Crippen molar-refractivity contribution in [2.75, 3.05) is 26.4 Å². The van der Waals surface area contributed by atoms with Crippen LogP contribution in [0.3, 0.4) is 0 Å².